The van der Waals surface area contributed by atoms with E-state index in [0.717, 1.165) is 22.3 Å². The third-order valence-corrected chi connectivity index (χ3v) is 4.77. The van der Waals surface area contributed by atoms with Gasteiger partial charge in [0.15, 0.2) is 0 Å². The van der Waals surface area contributed by atoms with E-state index in [1.54, 1.807) is 18.6 Å². The third-order valence-electron chi connectivity index (χ3n) is 3.91. The molecule has 4 nitrogen and oxygen atoms in total. The maximum atomic E-state index is 13.2. The number of hydrogen-bond acceptors (Lipinski definition) is 4. The first-order valence-electron chi connectivity index (χ1n) is 7.58. The Balaban J connectivity index is 1.87. The molecule has 1 unspecified atom stereocenters. The van der Waals surface area contributed by atoms with E-state index in [2.05, 4.69) is 10.3 Å². The number of benzene rings is 1. The Labute approximate surface area is 147 Å². The Morgan fingerprint density at radius 2 is 2.08 bits per heavy atom. The topological polar surface area (TPSA) is 55.9 Å². The molecule has 8 heteroatoms. The number of aromatic nitrogens is 2. The largest absolute Gasteiger partial charge is 0.416 e. The van der Waals surface area contributed by atoms with Crippen molar-refractivity contribution in [3.63, 3.8) is 0 Å². The third kappa shape index (κ3) is 3.69. The molecule has 0 radical (unpaired) electrons. The first kappa shape index (κ1) is 17.5. The van der Waals surface area contributed by atoms with E-state index in [4.69, 9.17) is 5.73 Å². The summed E-state index contributed by atoms with van der Waals surface area (Å²) in [7, 11) is 1.88. The Morgan fingerprint density at radius 3 is 2.72 bits per heavy atom. The van der Waals surface area contributed by atoms with Crippen LogP contribution in [0, 0.1) is 0 Å². The summed E-state index contributed by atoms with van der Waals surface area (Å²) < 4.78 is 41.6. The lowest BCUT2D eigenvalue weighted by atomic mass is 10.00. The van der Waals surface area contributed by atoms with Crippen LogP contribution in [-0.2, 0) is 13.2 Å². The molecule has 3 rings (SSSR count). The highest BCUT2D eigenvalue weighted by Gasteiger charge is 2.34. The quantitative estimate of drug-likeness (QED) is 0.709. The molecule has 132 valence electrons. The van der Waals surface area contributed by atoms with Crippen molar-refractivity contribution in [1.82, 2.24) is 9.55 Å². The van der Waals surface area contributed by atoms with Gasteiger partial charge in [0.2, 0.25) is 0 Å². The Kier molecular flexibility index (Phi) is 4.82. The molecular formula is C17H17F3N4S. The summed E-state index contributed by atoms with van der Waals surface area (Å²) in [4.78, 5) is 4.07. The van der Waals surface area contributed by atoms with Gasteiger partial charge in [-0.25, -0.2) is 4.98 Å². The van der Waals surface area contributed by atoms with Crippen molar-refractivity contribution < 1.29 is 13.2 Å². The average Bonchev–Trinajstić information content (AvgIpc) is 3.20. The minimum Gasteiger partial charge on any atom is -0.369 e. The number of alkyl halides is 3. The molecule has 0 spiro atoms. The number of rotatable bonds is 5. The molecular weight excluding hydrogens is 349 g/mol. The zero-order valence-electron chi connectivity index (χ0n) is 13.4. The molecule has 0 aliphatic heterocycles. The lowest BCUT2D eigenvalue weighted by Crippen LogP contribution is -2.23. The zero-order valence-corrected chi connectivity index (χ0v) is 14.2. The highest BCUT2D eigenvalue weighted by Crippen LogP contribution is 2.36. The van der Waals surface area contributed by atoms with Crippen LogP contribution in [0.3, 0.4) is 0 Å². The molecule has 0 bridgehead atoms. The number of halogens is 3. The predicted octanol–water partition coefficient (Wildman–Crippen LogP) is 4.28. The van der Waals surface area contributed by atoms with Crippen LogP contribution in [0.25, 0.3) is 11.3 Å². The molecule has 0 aliphatic rings. The molecule has 25 heavy (non-hydrogen) atoms. The van der Waals surface area contributed by atoms with Crippen LogP contribution in [0.4, 0.5) is 18.2 Å². The molecule has 1 aromatic carbocycles. The van der Waals surface area contributed by atoms with Crippen LogP contribution < -0.4 is 11.1 Å². The van der Waals surface area contributed by atoms with Crippen molar-refractivity contribution in [2.45, 2.75) is 12.2 Å². The highest BCUT2D eigenvalue weighted by molar-refractivity contribution is 7.14. The fourth-order valence-electron chi connectivity index (χ4n) is 2.68. The highest BCUT2D eigenvalue weighted by atomic mass is 32.1. The van der Waals surface area contributed by atoms with Crippen molar-refractivity contribution in [2.75, 3.05) is 11.9 Å². The van der Waals surface area contributed by atoms with Gasteiger partial charge in [-0.3, -0.25) is 0 Å². The van der Waals surface area contributed by atoms with E-state index in [0.29, 0.717) is 0 Å². The summed E-state index contributed by atoms with van der Waals surface area (Å²) in [5, 5.41) is 5.81. The van der Waals surface area contributed by atoms with Crippen molar-refractivity contribution in [2.24, 2.45) is 12.8 Å². The molecule has 1 atom stereocenters. The summed E-state index contributed by atoms with van der Waals surface area (Å²) in [6.45, 7) is 0.0477. The number of aryl methyl sites for hydroxylation is 1. The standard InChI is InChI=1S/C17H17F3N4S/c1-24-10-22-8-15(24)11-6-16(25-9-11)23-14(7-21)12-4-2-3-5-13(12)17(18,19)20/h2-6,8-10,14,23H,7,21H2,1H3. The first-order valence-corrected chi connectivity index (χ1v) is 8.46. The molecule has 0 saturated carbocycles. The molecule has 0 saturated heterocycles. The van der Waals surface area contributed by atoms with Crippen molar-refractivity contribution >= 4 is 16.3 Å². The van der Waals surface area contributed by atoms with Gasteiger partial charge in [-0.15, -0.1) is 11.3 Å². The molecule has 3 N–H and O–H groups in total. The van der Waals surface area contributed by atoms with E-state index >= 15 is 0 Å². The van der Waals surface area contributed by atoms with Gasteiger partial charge in [0.05, 0.1) is 34.8 Å². The van der Waals surface area contributed by atoms with Gasteiger partial charge in [-0.2, -0.15) is 13.2 Å². The fourth-order valence-corrected chi connectivity index (χ4v) is 3.52. The van der Waals surface area contributed by atoms with Gasteiger partial charge in [-0.05, 0) is 17.7 Å². The minimum absolute atomic E-state index is 0.0477. The SMILES string of the molecule is Cn1cncc1-c1csc(NC(CN)c2ccccc2C(F)(F)F)c1. The summed E-state index contributed by atoms with van der Waals surface area (Å²) in [6, 6.07) is 6.77. The molecule has 2 heterocycles. The number of anilines is 1. The van der Waals surface area contributed by atoms with Gasteiger partial charge in [0, 0.05) is 24.5 Å². The van der Waals surface area contributed by atoms with E-state index < -0.39 is 17.8 Å². The molecule has 0 amide bonds. The smallest absolute Gasteiger partial charge is 0.369 e. The van der Waals surface area contributed by atoms with Gasteiger partial charge in [0.25, 0.3) is 0 Å². The molecule has 2 aromatic heterocycles. The van der Waals surface area contributed by atoms with Crippen molar-refractivity contribution in [3.8, 4) is 11.3 Å². The summed E-state index contributed by atoms with van der Waals surface area (Å²) in [5.74, 6) is 0. The van der Waals surface area contributed by atoms with Crippen LogP contribution in [0.1, 0.15) is 17.2 Å². The monoisotopic (exact) mass is 366 g/mol. The van der Waals surface area contributed by atoms with E-state index in [1.807, 2.05) is 23.1 Å². The number of thiophene rings is 1. The van der Waals surface area contributed by atoms with Crippen LogP contribution in [0.2, 0.25) is 0 Å². The van der Waals surface area contributed by atoms with Gasteiger partial charge in [0.1, 0.15) is 0 Å². The predicted molar refractivity (Wildman–Crippen MR) is 93.4 cm³/mol. The number of hydrogen-bond donors (Lipinski definition) is 2. The van der Waals surface area contributed by atoms with Gasteiger partial charge < -0.3 is 15.6 Å². The van der Waals surface area contributed by atoms with Gasteiger partial charge >= 0.3 is 6.18 Å². The number of nitrogens with two attached hydrogens (primary N) is 1. The van der Waals surface area contributed by atoms with E-state index in [9.17, 15) is 13.2 Å². The van der Waals surface area contributed by atoms with Crippen molar-refractivity contribution in [1.29, 1.82) is 0 Å². The summed E-state index contributed by atoms with van der Waals surface area (Å²) in [5.41, 5.74) is 7.12. The minimum atomic E-state index is -4.42. The first-order chi connectivity index (χ1) is 11.9. The maximum Gasteiger partial charge on any atom is 0.416 e. The van der Waals surface area contributed by atoms with Crippen molar-refractivity contribution in [3.05, 3.63) is 59.4 Å². The second kappa shape index (κ2) is 6.89. The van der Waals surface area contributed by atoms with Crippen LogP contribution in [0.15, 0.2) is 48.2 Å². The Morgan fingerprint density at radius 1 is 1.32 bits per heavy atom. The molecule has 0 fully saturated rings. The van der Waals surface area contributed by atoms with Crippen LogP contribution >= 0.6 is 11.3 Å². The molecule has 3 aromatic rings. The average molecular weight is 366 g/mol. The van der Waals surface area contributed by atoms with Gasteiger partial charge in [-0.1, -0.05) is 18.2 Å². The van der Waals surface area contributed by atoms with Crippen LogP contribution in [0.5, 0.6) is 0 Å². The summed E-state index contributed by atoms with van der Waals surface area (Å²) in [6.07, 6.45) is -0.978. The summed E-state index contributed by atoms with van der Waals surface area (Å²) >= 11 is 1.42. The maximum absolute atomic E-state index is 13.2. The Bertz CT molecular complexity index is 853. The number of imidazole rings is 1. The number of nitrogens with zero attached hydrogens (tertiary/aromatic N) is 2. The lowest BCUT2D eigenvalue weighted by molar-refractivity contribution is -0.138. The molecule has 0 aliphatic carbocycles. The second-order valence-electron chi connectivity index (χ2n) is 5.61. The Hall–Kier alpha value is -2.32. The lowest BCUT2D eigenvalue weighted by Gasteiger charge is -2.21. The van der Waals surface area contributed by atoms with Crippen LogP contribution in [-0.4, -0.2) is 16.1 Å². The zero-order chi connectivity index (χ0) is 18.0. The fraction of sp³-hybridized carbons (Fsp3) is 0.235. The number of nitrogens with one attached hydrogen (secondary N) is 1. The van der Waals surface area contributed by atoms with E-state index in [-0.39, 0.29) is 12.1 Å². The van der Waals surface area contributed by atoms with E-state index in [1.165, 1.54) is 23.5 Å². The second-order valence-corrected chi connectivity index (χ2v) is 6.52. The normalized spacial score (nSPS) is 13.0.